The zero-order chi connectivity index (χ0) is 19.7. The molecular weight excluding hydrogens is 356 g/mol. The molecule has 2 aromatic carbocycles. The molecule has 1 N–H and O–H groups in total. The van der Waals surface area contributed by atoms with Gasteiger partial charge in [0.2, 0.25) is 0 Å². The first-order valence-electron chi connectivity index (χ1n) is 9.55. The van der Waals surface area contributed by atoms with Gasteiger partial charge in [-0.2, -0.15) is 0 Å². The van der Waals surface area contributed by atoms with Crippen LogP contribution in [-0.2, 0) is 16.1 Å². The number of ether oxygens (including phenoxy) is 2. The third kappa shape index (κ3) is 3.17. The first-order chi connectivity index (χ1) is 13.7. The fourth-order valence-electron chi connectivity index (χ4n) is 4.58. The van der Waals surface area contributed by atoms with Gasteiger partial charge in [0.1, 0.15) is 12.4 Å². The number of anilines is 1. The van der Waals surface area contributed by atoms with E-state index < -0.39 is 0 Å². The van der Waals surface area contributed by atoms with Gasteiger partial charge in [0.15, 0.2) is 0 Å². The van der Waals surface area contributed by atoms with Gasteiger partial charge >= 0.3 is 0 Å². The highest BCUT2D eigenvalue weighted by Crippen LogP contribution is 2.48. The van der Waals surface area contributed by atoms with Crippen LogP contribution >= 0.6 is 0 Å². The maximum absolute atomic E-state index is 12.6. The van der Waals surface area contributed by atoms with Crippen LogP contribution in [0.1, 0.15) is 17.0 Å². The third-order valence-electron chi connectivity index (χ3n) is 5.92. The number of hydrogen-bond acceptors (Lipinski definition) is 5. The van der Waals surface area contributed by atoms with E-state index in [1.165, 1.54) is 7.11 Å². The SMILES string of the molecule is COCC(=O)N1C[C@H]2[C@@H](c3ccccc31)[C@@H](CO)N2Cc1ccc(OC)cc1. The molecule has 3 atom stereocenters. The smallest absolute Gasteiger partial charge is 0.253 e. The van der Waals surface area contributed by atoms with Gasteiger partial charge < -0.3 is 19.5 Å². The number of benzene rings is 2. The number of rotatable bonds is 6. The molecule has 2 aromatic rings. The summed E-state index contributed by atoms with van der Waals surface area (Å²) in [4.78, 5) is 16.8. The molecule has 6 heteroatoms. The highest BCUT2D eigenvalue weighted by atomic mass is 16.5. The van der Waals surface area contributed by atoms with Crippen molar-refractivity contribution in [1.29, 1.82) is 0 Å². The standard InChI is InChI=1S/C22H26N2O4/c1-27-14-21(26)24-12-19-22(17-5-3-4-6-18(17)24)20(13-25)23(19)11-15-7-9-16(28-2)10-8-15/h3-10,19-20,22,25H,11-14H2,1-2H3/t19-,20+,22+/m0/s1. The van der Waals surface area contributed by atoms with Crippen LogP contribution in [0.5, 0.6) is 5.75 Å². The Morgan fingerprint density at radius 1 is 1.14 bits per heavy atom. The van der Waals surface area contributed by atoms with Crippen molar-refractivity contribution >= 4 is 11.6 Å². The lowest BCUT2D eigenvalue weighted by molar-refractivity contribution is -0.123. The molecule has 2 aliphatic heterocycles. The van der Waals surface area contributed by atoms with Gasteiger partial charge in [-0.1, -0.05) is 30.3 Å². The quantitative estimate of drug-likeness (QED) is 0.828. The van der Waals surface area contributed by atoms with Crippen molar-refractivity contribution in [2.24, 2.45) is 0 Å². The third-order valence-corrected chi connectivity index (χ3v) is 5.92. The van der Waals surface area contributed by atoms with Gasteiger partial charge in [-0.25, -0.2) is 0 Å². The molecule has 6 nitrogen and oxygen atoms in total. The Hall–Kier alpha value is -2.41. The van der Waals surface area contributed by atoms with Crippen LogP contribution in [0.25, 0.3) is 0 Å². The Morgan fingerprint density at radius 2 is 1.89 bits per heavy atom. The summed E-state index contributed by atoms with van der Waals surface area (Å²) in [5, 5.41) is 10.1. The minimum atomic E-state index is -0.0368. The number of carbonyl (C=O) groups is 1. The Labute approximate surface area is 165 Å². The number of methoxy groups -OCH3 is 2. The van der Waals surface area contributed by atoms with E-state index in [-0.39, 0.29) is 37.1 Å². The number of likely N-dealkylation sites (tertiary alicyclic amines) is 1. The topological polar surface area (TPSA) is 62.2 Å². The lowest BCUT2D eigenvalue weighted by Gasteiger charge is -2.59. The Bertz CT molecular complexity index is 839. The van der Waals surface area contributed by atoms with Crippen molar-refractivity contribution in [3.8, 4) is 5.75 Å². The molecule has 2 heterocycles. The molecule has 4 rings (SSSR count). The van der Waals surface area contributed by atoms with Crippen LogP contribution in [0.15, 0.2) is 48.5 Å². The van der Waals surface area contributed by atoms with E-state index in [0.29, 0.717) is 6.54 Å². The number of para-hydroxylation sites is 1. The number of fused-ring (bicyclic) bond motifs is 3. The predicted molar refractivity (Wildman–Crippen MR) is 107 cm³/mol. The van der Waals surface area contributed by atoms with E-state index in [2.05, 4.69) is 11.0 Å². The van der Waals surface area contributed by atoms with Crippen molar-refractivity contribution in [3.05, 3.63) is 59.7 Å². The highest BCUT2D eigenvalue weighted by molar-refractivity contribution is 5.96. The zero-order valence-electron chi connectivity index (χ0n) is 16.2. The van der Waals surface area contributed by atoms with Crippen molar-refractivity contribution in [3.63, 3.8) is 0 Å². The minimum absolute atomic E-state index is 0.0368. The molecule has 148 valence electrons. The van der Waals surface area contributed by atoms with Crippen LogP contribution in [0, 0.1) is 0 Å². The first-order valence-corrected chi connectivity index (χ1v) is 9.55. The summed E-state index contributed by atoms with van der Waals surface area (Å²) in [6, 6.07) is 16.2. The van der Waals surface area contributed by atoms with E-state index in [1.807, 2.05) is 47.4 Å². The second-order valence-electron chi connectivity index (χ2n) is 7.36. The van der Waals surface area contributed by atoms with Crippen LogP contribution < -0.4 is 9.64 Å². The van der Waals surface area contributed by atoms with E-state index in [0.717, 1.165) is 29.1 Å². The minimum Gasteiger partial charge on any atom is -0.497 e. The molecule has 1 fully saturated rings. The molecule has 0 radical (unpaired) electrons. The molecule has 28 heavy (non-hydrogen) atoms. The molecule has 0 aliphatic carbocycles. The van der Waals surface area contributed by atoms with Gasteiger partial charge in [-0.05, 0) is 29.3 Å². The van der Waals surface area contributed by atoms with Gasteiger partial charge in [-0.3, -0.25) is 9.69 Å². The molecule has 0 unspecified atom stereocenters. The average Bonchev–Trinajstić information content (AvgIpc) is 2.72. The molecule has 2 aliphatic rings. The molecule has 1 saturated heterocycles. The van der Waals surface area contributed by atoms with Crippen LogP contribution in [0.4, 0.5) is 5.69 Å². The summed E-state index contributed by atoms with van der Waals surface area (Å²) in [5.74, 6) is 1.02. The summed E-state index contributed by atoms with van der Waals surface area (Å²) in [7, 11) is 3.19. The van der Waals surface area contributed by atoms with Crippen molar-refractivity contribution < 1.29 is 19.4 Å². The molecular formula is C22H26N2O4. The zero-order valence-corrected chi connectivity index (χ0v) is 16.2. The normalized spacial score (nSPS) is 23.5. The summed E-state index contributed by atoms with van der Waals surface area (Å²) >= 11 is 0. The van der Waals surface area contributed by atoms with Crippen LogP contribution in [0.2, 0.25) is 0 Å². The maximum atomic E-state index is 12.6. The van der Waals surface area contributed by atoms with Crippen molar-refractivity contribution in [2.45, 2.75) is 24.5 Å². The van der Waals surface area contributed by atoms with E-state index in [1.54, 1.807) is 7.11 Å². The van der Waals surface area contributed by atoms with E-state index in [9.17, 15) is 9.90 Å². The second kappa shape index (κ2) is 7.91. The molecule has 1 amide bonds. The predicted octanol–water partition coefficient (Wildman–Crippen LogP) is 2.02. The Balaban J connectivity index is 1.61. The maximum Gasteiger partial charge on any atom is 0.253 e. The summed E-state index contributed by atoms with van der Waals surface area (Å²) < 4.78 is 10.3. The number of aliphatic hydroxyl groups excluding tert-OH is 1. The summed E-state index contributed by atoms with van der Waals surface area (Å²) in [5.41, 5.74) is 3.23. The molecule has 0 aromatic heterocycles. The number of nitrogens with zero attached hydrogens (tertiary/aromatic N) is 2. The van der Waals surface area contributed by atoms with E-state index in [4.69, 9.17) is 9.47 Å². The number of carbonyl (C=O) groups excluding carboxylic acids is 1. The highest BCUT2D eigenvalue weighted by Gasteiger charge is 2.52. The fraction of sp³-hybridized carbons (Fsp3) is 0.409. The number of aliphatic hydroxyl groups is 1. The van der Waals surface area contributed by atoms with Gasteiger partial charge in [0.25, 0.3) is 5.91 Å². The van der Waals surface area contributed by atoms with Crippen molar-refractivity contribution in [2.75, 3.05) is 38.9 Å². The van der Waals surface area contributed by atoms with Crippen LogP contribution in [-0.4, -0.2) is 62.0 Å². The summed E-state index contributed by atoms with van der Waals surface area (Å²) in [6.45, 7) is 1.49. The van der Waals surface area contributed by atoms with Gasteiger partial charge in [-0.15, -0.1) is 0 Å². The van der Waals surface area contributed by atoms with Crippen molar-refractivity contribution in [1.82, 2.24) is 4.90 Å². The largest absolute Gasteiger partial charge is 0.497 e. The fourth-order valence-corrected chi connectivity index (χ4v) is 4.58. The lowest BCUT2D eigenvalue weighted by Crippen LogP contribution is -2.68. The molecule has 0 bridgehead atoms. The Kier molecular flexibility index (Phi) is 5.35. The summed E-state index contributed by atoms with van der Waals surface area (Å²) in [6.07, 6.45) is 0. The first kappa shape index (κ1) is 18.9. The Morgan fingerprint density at radius 3 is 2.57 bits per heavy atom. The average molecular weight is 382 g/mol. The van der Waals surface area contributed by atoms with E-state index >= 15 is 0 Å². The van der Waals surface area contributed by atoms with Gasteiger partial charge in [0.05, 0.1) is 13.7 Å². The van der Waals surface area contributed by atoms with Crippen LogP contribution in [0.3, 0.4) is 0 Å². The molecule has 0 saturated carbocycles. The molecule has 0 spiro atoms. The second-order valence-corrected chi connectivity index (χ2v) is 7.36. The monoisotopic (exact) mass is 382 g/mol. The lowest BCUT2D eigenvalue weighted by atomic mass is 9.71. The van der Waals surface area contributed by atoms with Gasteiger partial charge in [0, 0.05) is 43.9 Å². The number of hydrogen-bond donors (Lipinski definition) is 1. The number of amides is 1.